The first-order valence-electron chi connectivity index (χ1n) is 8.82. The lowest BCUT2D eigenvalue weighted by Gasteiger charge is -2.30. The van der Waals surface area contributed by atoms with Crippen LogP contribution in [0.25, 0.3) is 0 Å². The van der Waals surface area contributed by atoms with Gasteiger partial charge in [0.15, 0.2) is 0 Å². The minimum absolute atomic E-state index is 0.0432. The molecule has 2 aromatic carbocycles. The van der Waals surface area contributed by atoms with Gasteiger partial charge in [0.2, 0.25) is 5.91 Å². The zero-order valence-corrected chi connectivity index (χ0v) is 16.0. The van der Waals surface area contributed by atoms with E-state index in [0.29, 0.717) is 29.6 Å². The molecule has 156 valence electrons. The van der Waals surface area contributed by atoms with Crippen LogP contribution in [0.4, 0.5) is 30.2 Å². The molecular formula is C19H19ClF3N3O3. The van der Waals surface area contributed by atoms with Crippen LogP contribution in [0.2, 0.25) is 5.02 Å². The van der Waals surface area contributed by atoms with E-state index >= 15 is 0 Å². The normalized spacial score (nSPS) is 14.4. The molecule has 3 rings (SSSR count). The number of hydrogen-bond donors (Lipinski definition) is 2. The van der Waals surface area contributed by atoms with Gasteiger partial charge >= 0.3 is 6.36 Å². The predicted octanol–water partition coefficient (Wildman–Crippen LogP) is 4.13. The minimum Gasteiger partial charge on any atom is -0.406 e. The lowest BCUT2D eigenvalue weighted by atomic mass is 10.2. The number of benzene rings is 2. The Hall–Kier alpha value is -2.65. The molecule has 6 nitrogen and oxygen atoms in total. The first kappa shape index (κ1) is 21.1. The van der Waals surface area contributed by atoms with Crippen LogP contribution < -0.4 is 20.3 Å². The molecule has 1 aliphatic heterocycles. The number of morpholine rings is 1. The Bertz CT molecular complexity index is 841. The Morgan fingerprint density at radius 3 is 2.48 bits per heavy atom. The van der Waals surface area contributed by atoms with Crippen molar-refractivity contribution in [3.8, 4) is 5.75 Å². The maximum Gasteiger partial charge on any atom is 0.573 e. The average molecular weight is 430 g/mol. The van der Waals surface area contributed by atoms with Crippen molar-refractivity contribution in [2.24, 2.45) is 0 Å². The summed E-state index contributed by atoms with van der Waals surface area (Å²) in [5, 5.41) is 6.21. The van der Waals surface area contributed by atoms with Crippen molar-refractivity contribution < 1.29 is 27.4 Å². The van der Waals surface area contributed by atoms with Gasteiger partial charge in [-0.3, -0.25) is 4.79 Å². The average Bonchev–Trinajstić information content (AvgIpc) is 2.67. The fourth-order valence-corrected chi connectivity index (χ4v) is 3.02. The number of carbonyl (C=O) groups is 1. The molecule has 1 saturated heterocycles. The molecule has 10 heteroatoms. The number of hydrogen-bond acceptors (Lipinski definition) is 5. The summed E-state index contributed by atoms with van der Waals surface area (Å²) in [5.74, 6) is -0.718. The van der Waals surface area contributed by atoms with Gasteiger partial charge in [0, 0.05) is 23.8 Å². The zero-order valence-electron chi connectivity index (χ0n) is 15.3. The summed E-state index contributed by atoms with van der Waals surface area (Å²) in [6, 6.07) is 10.3. The Morgan fingerprint density at radius 2 is 1.83 bits per heavy atom. The van der Waals surface area contributed by atoms with Crippen molar-refractivity contribution in [1.29, 1.82) is 0 Å². The van der Waals surface area contributed by atoms with E-state index in [9.17, 15) is 18.0 Å². The van der Waals surface area contributed by atoms with Gasteiger partial charge < -0.3 is 25.0 Å². The summed E-state index contributed by atoms with van der Waals surface area (Å²) < 4.78 is 45.7. The van der Waals surface area contributed by atoms with E-state index in [4.69, 9.17) is 16.3 Å². The number of anilines is 3. The van der Waals surface area contributed by atoms with Crippen LogP contribution in [0.1, 0.15) is 0 Å². The summed E-state index contributed by atoms with van der Waals surface area (Å²) in [5.41, 5.74) is 1.98. The molecule has 29 heavy (non-hydrogen) atoms. The van der Waals surface area contributed by atoms with Crippen molar-refractivity contribution in [3.63, 3.8) is 0 Å². The van der Waals surface area contributed by atoms with Gasteiger partial charge in [-0.2, -0.15) is 0 Å². The Labute approximate surface area is 170 Å². The monoisotopic (exact) mass is 429 g/mol. The lowest BCUT2D eigenvalue weighted by molar-refractivity contribution is -0.274. The zero-order chi connectivity index (χ0) is 20.9. The molecule has 1 heterocycles. The van der Waals surface area contributed by atoms with Crippen molar-refractivity contribution in [3.05, 3.63) is 47.5 Å². The fourth-order valence-electron chi connectivity index (χ4n) is 2.85. The summed E-state index contributed by atoms with van der Waals surface area (Å²) in [6.07, 6.45) is -4.76. The predicted molar refractivity (Wildman–Crippen MR) is 105 cm³/mol. The Balaban J connectivity index is 1.58. The van der Waals surface area contributed by atoms with Crippen LogP contribution >= 0.6 is 11.6 Å². The van der Waals surface area contributed by atoms with Gasteiger partial charge in [0.25, 0.3) is 0 Å². The maximum atomic E-state index is 12.2. The van der Waals surface area contributed by atoms with Crippen LogP contribution in [0.5, 0.6) is 5.75 Å². The number of alkyl halides is 3. The maximum absolute atomic E-state index is 12.2. The van der Waals surface area contributed by atoms with E-state index < -0.39 is 6.36 Å². The van der Waals surface area contributed by atoms with Crippen LogP contribution in [-0.4, -0.2) is 45.1 Å². The smallest absolute Gasteiger partial charge is 0.406 e. The third kappa shape index (κ3) is 6.43. The highest BCUT2D eigenvalue weighted by atomic mass is 35.5. The van der Waals surface area contributed by atoms with E-state index in [1.165, 1.54) is 12.1 Å². The van der Waals surface area contributed by atoms with Crippen molar-refractivity contribution in [2.75, 3.05) is 48.4 Å². The minimum atomic E-state index is -4.76. The van der Waals surface area contributed by atoms with Gasteiger partial charge in [-0.1, -0.05) is 11.6 Å². The number of nitrogens with zero attached hydrogens (tertiary/aromatic N) is 1. The number of ether oxygens (including phenoxy) is 2. The van der Waals surface area contributed by atoms with Crippen LogP contribution in [0.3, 0.4) is 0 Å². The van der Waals surface area contributed by atoms with E-state index in [0.717, 1.165) is 30.9 Å². The number of carbonyl (C=O) groups excluding carboxylic acids is 1. The molecule has 2 N–H and O–H groups in total. The van der Waals surface area contributed by atoms with Crippen molar-refractivity contribution in [1.82, 2.24) is 0 Å². The fraction of sp³-hybridized carbons (Fsp3) is 0.316. The molecule has 0 radical (unpaired) electrons. The SMILES string of the molecule is O=C(CNc1cc(Cl)ccc1N1CCOCC1)Nc1ccc(OC(F)(F)F)cc1. The topological polar surface area (TPSA) is 62.8 Å². The quantitative estimate of drug-likeness (QED) is 0.723. The van der Waals surface area contributed by atoms with Crippen LogP contribution in [0, 0.1) is 0 Å². The van der Waals surface area contributed by atoms with Gasteiger partial charge in [0.05, 0.1) is 31.1 Å². The summed E-state index contributed by atoms with van der Waals surface area (Å²) in [7, 11) is 0. The molecule has 0 aliphatic carbocycles. The molecule has 1 amide bonds. The largest absolute Gasteiger partial charge is 0.573 e. The van der Waals surface area contributed by atoms with Gasteiger partial charge in [-0.15, -0.1) is 13.2 Å². The highest BCUT2D eigenvalue weighted by Gasteiger charge is 2.31. The molecule has 1 aliphatic rings. The molecule has 0 aromatic heterocycles. The Kier molecular flexibility index (Phi) is 6.71. The molecule has 0 spiro atoms. The Morgan fingerprint density at radius 1 is 1.14 bits per heavy atom. The first-order valence-corrected chi connectivity index (χ1v) is 9.20. The number of nitrogens with one attached hydrogen (secondary N) is 2. The van der Waals surface area contributed by atoms with Gasteiger partial charge in [-0.25, -0.2) is 0 Å². The second-order valence-electron chi connectivity index (χ2n) is 6.23. The van der Waals surface area contributed by atoms with E-state index in [-0.39, 0.29) is 18.2 Å². The molecule has 0 saturated carbocycles. The van der Waals surface area contributed by atoms with Crippen LogP contribution in [0.15, 0.2) is 42.5 Å². The van der Waals surface area contributed by atoms with Crippen molar-refractivity contribution in [2.45, 2.75) is 6.36 Å². The molecule has 2 aromatic rings. The summed E-state index contributed by atoms with van der Waals surface area (Å²) >= 11 is 6.09. The van der Waals surface area contributed by atoms with Gasteiger partial charge in [0.1, 0.15) is 5.75 Å². The first-order chi connectivity index (χ1) is 13.8. The molecule has 0 unspecified atom stereocenters. The molecular weight excluding hydrogens is 411 g/mol. The third-order valence-corrected chi connectivity index (χ3v) is 4.36. The van der Waals surface area contributed by atoms with Gasteiger partial charge in [-0.05, 0) is 42.5 Å². The van der Waals surface area contributed by atoms with E-state index in [1.807, 2.05) is 6.07 Å². The highest BCUT2D eigenvalue weighted by molar-refractivity contribution is 6.31. The van der Waals surface area contributed by atoms with E-state index in [2.05, 4.69) is 20.3 Å². The second-order valence-corrected chi connectivity index (χ2v) is 6.67. The second kappa shape index (κ2) is 9.23. The van der Waals surface area contributed by atoms with Crippen molar-refractivity contribution >= 4 is 34.6 Å². The number of amides is 1. The van der Waals surface area contributed by atoms with E-state index in [1.54, 1.807) is 12.1 Å². The molecule has 0 bridgehead atoms. The summed E-state index contributed by atoms with van der Waals surface area (Å²) in [6.45, 7) is 2.66. The third-order valence-electron chi connectivity index (χ3n) is 4.12. The number of halogens is 4. The highest BCUT2D eigenvalue weighted by Crippen LogP contribution is 2.30. The van der Waals surface area contributed by atoms with Crippen LogP contribution in [-0.2, 0) is 9.53 Å². The molecule has 0 atom stereocenters. The lowest BCUT2D eigenvalue weighted by Crippen LogP contribution is -2.36. The standard InChI is InChI=1S/C19H19ClF3N3O3/c20-13-1-6-17(26-7-9-28-10-8-26)16(11-13)24-12-18(27)25-14-2-4-15(5-3-14)29-19(21,22)23/h1-6,11,24H,7-10,12H2,(H,25,27). The number of rotatable bonds is 6. The summed E-state index contributed by atoms with van der Waals surface area (Å²) in [4.78, 5) is 14.4. The molecule has 1 fully saturated rings.